The van der Waals surface area contributed by atoms with Gasteiger partial charge < -0.3 is 5.73 Å². The molecule has 3 nitrogen and oxygen atoms in total. The maximum atomic E-state index is 12.2. The average Bonchev–Trinajstić information content (AvgIpc) is 2.48. The highest BCUT2D eigenvalue weighted by atomic mass is 16.2. The van der Waals surface area contributed by atoms with Gasteiger partial charge in [0, 0.05) is 5.69 Å². The Kier molecular flexibility index (Phi) is 2.64. The lowest BCUT2D eigenvalue weighted by Crippen LogP contribution is -2.74. The van der Waals surface area contributed by atoms with Gasteiger partial charge in [-0.05, 0) is 24.6 Å². The fraction of sp³-hybridized carbons (Fsp3) is 0.188. The lowest BCUT2D eigenvalue weighted by molar-refractivity contribution is -0.129. The Bertz CT molecular complexity index is 597. The Morgan fingerprint density at radius 3 is 2.11 bits per heavy atom. The van der Waals surface area contributed by atoms with Gasteiger partial charge in [0.1, 0.15) is 6.04 Å². The molecule has 1 heterocycles. The molecule has 1 fully saturated rings. The number of nitrogens with two attached hydrogens (primary N) is 1. The molecule has 1 aliphatic heterocycles. The van der Waals surface area contributed by atoms with Gasteiger partial charge in [0.2, 0.25) is 5.91 Å². The second kappa shape index (κ2) is 4.21. The van der Waals surface area contributed by atoms with Crippen molar-refractivity contribution >= 4 is 11.6 Å². The van der Waals surface area contributed by atoms with E-state index in [2.05, 4.69) is 0 Å². The van der Waals surface area contributed by atoms with E-state index < -0.39 is 11.6 Å². The summed E-state index contributed by atoms with van der Waals surface area (Å²) in [7, 11) is 0. The van der Waals surface area contributed by atoms with Crippen LogP contribution in [0.25, 0.3) is 0 Å². The highest BCUT2D eigenvalue weighted by Crippen LogP contribution is 2.43. The van der Waals surface area contributed by atoms with Crippen LogP contribution in [0, 0.1) is 0 Å². The Labute approximate surface area is 112 Å². The van der Waals surface area contributed by atoms with Crippen molar-refractivity contribution in [2.24, 2.45) is 5.73 Å². The number of nitrogens with zero attached hydrogens (tertiary/aromatic N) is 1. The first-order valence-corrected chi connectivity index (χ1v) is 6.36. The van der Waals surface area contributed by atoms with E-state index in [0.717, 1.165) is 11.3 Å². The molecule has 0 spiro atoms. The molecule has 3 heteroatoms. The molecule has 2 aromatic carbocycles. The van der Waals surface area contributed by atoms with Crippen molar-refractivity contribution in [1.29, 1.82) is 0 Å². The first kappa shape index (κ1) is 11.9. The average molecular weight is 252 g/mol. The topological polar surface area (TPSA) is 46.3 Å². The highest BCUT2D eigenvalue weighted by molar-refractivity contribution is 6.07. The number of hydrogen-bond donors (Lipinski definition) is 1. The van der Waals surface area contributed by atoms with E-state index in [1.165, 1.54) is 0 Å². The van der Waals surface area contributed by atoms with Gasteiger partial charge in [-0.1, -0.05) is 48.5 Å². The van der Waals surface area contributed by atoms with E-state index in [1.807, 2.05) is 67.6 Å². The fourth-order valence-corrected chi connectivity index (χ4v) is 2.74. The number of benzene rings is 2. The molecule has 2 aromatic rings. The molecule has 3 rings (SSSR count). The molecule has 0 unspecified atom stereocenters. The lowest BCUT2D eigenvalue weighted by Gasteiger charge is -2.54. The van der Waals surface area contributed by atoms with Crippen LogP contribution >= 0.6 is 0 Å². The molecule has 2 atom stereocenters. The minimum absolute atomic E-state index is 0.0300. The number of hydrogen-bond acceptors (Lipinski definition) is 2. The van der Waals surface area contributed by atoms with E-state index in [0.29, 0.717) is 0 Å². The van der Waals surface area contributed by atoms with Gasteiger partial charge in [-0.3, -0.25) is 9.69 Å². The zero-order valence-electron chi connectivity index (χ0n) is 10.8. The maximum absolute atomic E-state index is 12.2. The third-order valence-electron chi connectivity index (χ3n) is 3.93. The maximum Gasteiger partial charge on any atom is 0.247 e. The van der Waals surface area contributed by atoms with Crippen molar-refractivity contribution in [2.45, 2.75) is 18.5 Å². The summed E-state index contributed by atoms with van der Waals surface area (Å²) in [5.41, 5.74) is 7.55. The van der Waals surface area contributed by atoms with Gasteiger partial charge in [0.25, 0.3) is 0 Å². The summed E-state index contributed by atoms with van der Waals surface area (Å²) in [5, 5.41) is 0. The van der Waals surface area contributed by atoms with E-state index in [-0.39, 0.29) is 5.91 Å². The van der Waals surface area contributed by atoms with Gasteiger partial charge in [-0.2, -0.15) is 0 Å². The number of carbonyl (C=O) groups is 1. The van der Waals surface area contributed by atoms with Gasteiger partial charge in [0.15, 0.2) is 0 Å². The van der Waals surface area contributed by atoms with Crippen LogP contribution in [0.5, 0.6) is 0 Å². The molecule has 0 saturated carbocycles. The molecule has 96 valence electrons. The van der Waals surface area contributed by atoms with Crippen LogP contribution in [0.3, 0.4) is 0 Å². The highest BCUT2D eigenvalue weighted by Gasteiger charge is 2.56. The molecule has 0 aromatic heterocycles. The summed E-state index contributed by atoms with van der Waals surface area (Å²) in [6.45, 7) is 2.02. The minimum Gasteiger partial charge on any atom is -0.318 e. The van der Waals surface area contributed by atoms with Crippen molar-refractivity contribution in [3.05, 3.63) is 66.2 Å². The molecule has 0 aliphatic carbocycles. The first-order valence-electron chi connectivity index (χ1n) is 6.36. The minimum atomic E-state index is -0.491. The third-order valence-corrected chi connectivity index (χ3v) is 3.93. The summed E-state index contributed by atoms with van der Waals surface area (Å²) in [5.74, 6) is -0.0300. The van der Waals surface area contributed by atoms with Crippen molar-refractivity contribution in [2.75, 3.05) is 4.90 Å². The number of rotatable bonds is 2. The molecule has 1 amide bonds. The van der Waals surface area contributed by atoms with Crippen molar-refractivity contribution < 1.29 is 4.79 Å². The SMILES string of the molecule is C[C@@]1(c2ccccc2)[C@H](N)C(=O)N1c1ccccc1. The Morgan fingerprint density at radius 1 is 1.00 bits per heavy atom. The van der Waals surface area contributed by atoms with Gasteiger partial charge >= 0.3 is 0 Å². The molecule has 1 saturated heterocycles. The summed E-state index contributed by atoms with van der Waals surface area (Å²) >= 11 is 0. The van der Waals surface area contributed by atoms with E-state index in [9.17, 15) is 4.79 Å². The second-order valence-corrected chi connectivity index (χ2v) is 5.00. The standard InChI is InChI=1S/C16H16N2O/c1-16(12-8-4-2-5-9-12)14(17)15(19)18(16)13-10-6-3-7-11-13/h2-11,14H,17H2,1H3/t14-,16-/m1/s1. The zero-order valence-corrected chi connectivity index (χ0v) is 10.8. The number of carbonyl (C=O) groups excluding carboxylic acids is 1. The molecule has 0 radical (unpaired) electrons. The van der Waals surface area contributed by atoms with Crippen LogP contribution < -0.4 is 10.6 Å². The summed E-state index contributed by atoms with van der Waals surface area (Å²) in [6.07, 6.45) is 0. The number of para-hydroxylation sites is 1. The zero-order chi connectivity index (χ0) is 13.5. The smallest absolute Gasteiger partial charge is 0.247 e. The molecule has 2 N–H and O–H groups in total. The number of anilines is 1. The molecular weight excluding hydrogens is 236 g/mol. The van der Waals surface area contributed by atoms with Crippen molar-refractivity contribution in [3.8, 4) is 0 Å². The first-order chi connectivity index (χ1) is 9.15. The van der Waals surface area contributed by atoms with Crippen LogP contribution in [0.2, 0.25) is 0 Å². The van der Waals surface area contributed by atoms with E-state index in [1.54, 1.807) is 4.90 Å². The van der Waals surface area contributed by atoms with Gasteiger partial charge in [-0.25, -0.2) is 0 Å². The molecular formula is C16H16N2O. The quantitative estimate of drug-likeness (QED) is 0.833. The summed E-state index contributed by atoms with van der Waals surface area (Å²) < 4.78 is 0. The molecule has 19 heavy (non-hydrogen) atoms. The van der Waals surface area contributed by atoms with Crippen LogP contribution in [0.15, 0.2) is 60.7 Å². The monoisotopic (exact) mass is 252 g/mol. The van der Waals surface area contributed by atoms with Crippen molar-refractivity contribution in [3.63, 3.8) is 0 Å². The van der Waals surface area contributed by atoms with Crippen LogP contribution in [0.4, 0.5) is 5.69 Å². The van der Waals surface area contributed by atoms with E-state index >= 15 is 0 Å². The molecule has 0 bridgehead atoms. The Morgan fingerprint density at radius 2 is 1.53 bits per heavy atom. The summed E-state index contributed by atoms with van der Waals surface area (Å²) in [6, 6.07) is 19.1. The predicted molar refractivity (Wildman–Crippen MR) is 75.7 cm³/mol. The van der Waals surface area contributed by atoms with Crippen molar-refractivity contribution in [1.82, 2.24) is 0 Å². The van der Waals surface area contributed by atoms with Crippen LogP contribution in [0.1, 0.15) is 12.5 Å². The van der Waals surface area contributed by atoms with E-state index in [4.69, 9.17) is 5.73 Å². The van der Waals surface area contributed by atoms with Gasteiger partial charge in [-0.15, -0.1) is 0 Å². The number of amides is 1. The van der Waals surface area contributed by atoms with Gasteiger partial charge in [0.05, 0.1) is 5.54 Å². The lowest BCUT2D eigenvalue weighted by atomic mass is 9.74. The number of β-lactam (4-membered cyclic amide) rings is 1. The predicted octanol–water partition coefficient (Wildman–Crippen LogP) is 2.28. The fourth-order valence-electron chi connectivity index (χ4n) is 2.74. The second-order valence-electron chi connectivity index (χ2n) is 5.00. The normalized spacial score (nSPS) is 26.1. The third kappa shape index (κ3) is 1.59. The van der Waals surface area contributed by atoms with Crippen LogP contribution in [-0.2, 0) is 10.3 Å². The summed E-state index contributed by atoms with van der Waals surface area (Å²) in [4.78, 5) is 13.9. The molecule has 1 aliphatic rings. The van der Waals surface area contributed by atoms with Crippen LogP contribution in [-0.4, -0.2) is 11.9 Å². The largest absolute Gasteiger partial charge is 0.318 e. The Balaban J connectivity index is 2.07. The Hall–Kier alpha value is -2.13.